The summed E-state index contributed by atoms with van der Waals surface area (Å²) in [6, 6.07) is 12.9. The Morgan fingerprint density at radius 3 is 2.52 bits per heavy atom. The molecule has 7 heteroatoms. The highest BCUT2D eigenvalue weighted by atomic mass is 16.5. The second-order valence-corrected chi connectivity index (χ2v) is 5.70. The maximum atomic E-state index is 12.5. The number of ether oxygens (including phenoxy) is 2. The Balaban J connectivity index is 1.62. The van der Waals surface area contributed by atoms with Gasteiger partial charge in [0.25, 0.3) is 5.91 Å². The smallest absolute Gasteiger partial charge is 0.256 e. The van der Waals surface area contributed by atoms with Crippen LogP contribution in [0, 0.1) is 18.3 Å². The lowest BCUT2D eigenvalue weighted by atomic mass is 10.1. The van der Waals surface area contributed by atoms with Crippen LogP contribution in [0.1, 0.15) is 21.7 Å². The molecule has 1 amide bonds. The number of carbonyl (C=O) groups is 1. The van der Waals surface area contributed by atoms with Gasteiger partial charge in [0.2, 0.25) is 5.88 Å². The lowest BCUT2D eigenvalue weighted by Gasteiger charge is -2.08. The van der Waals surface area contributed by atoms with Crippen LogP contribution in [-0.2, 0) is 0 Å². The summed E-state index contributed by atoms with van der Waals surface area (Å²) >= 11 is 0. The predicted molar refractivity (Wildman–Crippen MR) is 98.3 cm³/mol. The van der Waals surface area contributed by atoms with E-state index in [4.69, 9.17) is 13.9 Å². The SMILES string of the molecule is COc1ccc(OCCNC(=O)c2c(C)oc(-n3cccc3)c2C#N)cc1. The van der Waals surface area contributed by atoms with E-state index in [1.807, 2.05) is 12.1 Å². The van der Waals surface area contributed by atoms with Crippen molar-refractivity contribution in [3.63, 3.8) is 0 Å². The van der Waals surface area contributed by atoms with Gasteiger partial charge in [-0.25, -0.2) is 0 Å². The van der Waals surface area contributed by atoms with E-state index in [1.165, 1.54) is 0 Å². The van der Waals surface area contributed by atoms with Gasteiger partial charge in [-0.05, 0) is 43.3 Å². The van der Waals surface area contributed by atoms with E-state index >= 15 is 0 Å². The van der Waals surface area contributed by atoms with Crippen molar-refractivity contribution in [2.75, 3.05) is 20.3 Å². The van der Waals surface area contributed by atoms with Crippen LogP contribution in [0.2, 0.25) is 0 Å². The summed E-state index contributed by atoms with van der Waals surface area (Å²) in [5, 5.41) is 12.2. The molecule has 0 aliphatic carbocycles. The quantitative estimate of drug-likeness (QED) is 0.650. The average molecular weight is 365 g/mol. The van der Waals surface area contributed by atoms with Crippen molar-refractivity contribution >= 4 is 5.91 Å². The Morgan fingerprint density at radius 1 is 1.22 bits per heavy atom. The number of furan rings is 1. The minimum atomic E-state index is -0.371. The van der Waals surface area contributed by atoms with E-state index in [0.29, 0.717) is 30.5 Å². The second kappa shape index (κ2) is 8.15. The first-order valence-corrected chi connectivity index (χ1v) is 8.36. The third kappa shape index (κ3) is 3.96. The first-order chi connectivity index (χ1) is 13.1. The maximum Gasteiger partial charge on any atom is 0.256 e. The van der Waals surface area contributed by atoms with E-state index in [1.54, 1.807) is 55.3 Å². The molecular formula is C20H19N3O4. The van der Waals surface area contributed by atoms with E-state index in [0.717, 1.165) is 5.75 Å². The van der Waals surface area contributed by atoms with Crippen LogP contribution in [0.4, 0.5) is 0 Å². The Hall–Kier alpha value is -3.66. The lowest BCUT2D eigenvalue weighted by Crippen LogP contribution is -2.28. The van der Waals surface area contributed by atoms with E-state index in [9.17, 15) is 10.1 Å². The molecule has 0 unspecified atom stereocenters. The van der Waals surface area contributed by atoms with Crippen molar-refractivity contribution < 1.29 is 18.7 Å². The molecule has 3 rings (SSSR count). The lowest BCUT2D eigenvalue weighted by molar-refractivity contribution is 0.0945. The standard InChI is InChI=1S/C20H19N3O4/c1-14-18(17(13-21)20(27-14)23-10-3-4-11-23)19(24)22-9-12-26-16-7-5-15(25-2)6-8-16/h3-8,10-11H,9,12H2,1-2H3,(H,22,24). The molecule has 138 valence electrons. The van der Waals surface area contributed by atoms with Crippen LogP contribution in [0.25, 0.3) is 5.88 Å². The van der Waals surface area contributed by atoms with Gasteiger partial charge in [0.05, 0.1) is 13.7 Å². The number of nitrogens with one attached hydrogen (secondary N) is 1. The minimum Gasteiger partial charge on any atom is -0.497 e. The monoisotopic (exact) mass is 365 g/mol. The molecule has 0 aliphatic heterocycles. The number of nitrogens with zero attached hydrogens (tertiary/aromatic N) is 2. The largest absolute Gasteiger partial charge is 0.497 e. The zero-order chi connectivity index (χ0) is 19.2. The van der Waals surface area contributed by atoms with Gasteiger partial charge in [0.15, 0.2) is 0 Å². The number of rotatable bonds is 7. The van der Waals surface area contributed by atoms with Crippen LogP contribution in [0.3, 0.4) is 0 Å². The zero-order valence-electron chi connectivity index (χ0n) is 15.1. The molecule has 1 aromatic carbocycles. The fraction of sp³-hybridized carbons (Fsp3) is 0.200. The summed E-state index contributed by atoms with van der Waals surface area (Å²) in [5.74, 6) is 1.78. The normalized spacial score (nSPS) is 10.3. The van der Waals surface area contributed by atoms with Gasteiger partial charge in [0.1, 0.15) is 41.1 Å². The van der Waals surface area contributed by atoms with Crippen molar-refractivity contribution in [2.24, 2.45) is 0 Å². The van der Waals surface area contributed by atoms with Crippen LogP contribution in [0.15, 0.2) is 53.2 Å². The Morgan fingerprint density at radius 2 is 1.89 bits per heavy atom. The fourth-order valence-electron chi connectivity index (χ4n) is 2.65. The third-order valence-corrected chi connectivity index (χ3v) is 3.96. The molecule has 0 spiro atoms. The van der Waals surface area contributed by atoms with Crippen LogP contribution in [0.5, 0.6) is 11.5 Å². The van der Waals surface area contributed by atoms with Crippen molar-refractivity contribution in [2.45, 2.75) is 6.92 Å². The molecule has 2 aromatic heterocycles. The highest BCUT2D eigenvalue weighted by molar-refractivity contribution is 5.98. The number of aromatic nitrogens is 1. The Kier molecular flexibility index (Phi) is 5.47. The maximum absolute atomic E-state index is 12.5. The number of benzene rings is 1. The number of amides is 1. The zero-order valence-corrected chi connectivity index (χ0v) is 15.1. The summed E-state index contributed by atoms with van der Waals surface area (Å²) in [6.07, 6.45) is 3.51. The van der Waals surface area contributed by atoms with Gasteiger partial charge in [-0.1, -0.05) is 0 Å². The molecule has 0 radical (unpaired) electrons. The molecule has 0 fully saturated rings. The van der Waals surface area contributed by atoms with E-state index in [2.05, 4.69) is 11.4 Å². The highest BCUT2D eigenvalue weighted by Gasteiger charge is 2.24. The molecule has 0 bridgehead atoms. The van der Waals surface area contributed by atoms with E-state index in [-0.39, 0.29) is 17.0 Å². The number of hydrogen-bond acceptors (Lipinski definition) is 5. The summed E-state index contributed by atoms with van der Waals surface area (Å²) in [7, 11) is 1.60. The van der Waals surface area contributed by atoms with Crippen LogP contribution < -0.4 is 14.8 Å². The van der Waals surface area contributed by atoms with Gasteiger partial charge < -0.3 is 19.2 Å². The summed E-state index contributed by atoms with van der Waals surface area (Å²) in [6.45, 7) is 2.25. The second-order valence-electron chi connectivity index (χ2n) is 5.70. The predicted octanol–water partition coefficient (Wildman–Crippen LogP) is 3.07. The van der Waals surface area contributed by atoms with Gasteiger partial charge in [-0.3, -0.25) is 9.36 Å². The minimum absolute atomic E-state index is 0.206. The van der Waals surface area contributed by atoms with Crippen LogP contribution >= 0.6 is 0 Å². The molecule has 0 saturated heterocycles. The number of aryl methyl sites for hydroxylation is 1. The molecule has 0 atom stereocenters. The van der Waals surface area contributed by atoms with Gasteiger partial charge in [-0.15, -0.1) is 0 Å². The molecule has 1 N–H and O–H groups in total. The average Bonchev–Trinajstić information content (AvgIpc) is 3.32. The Bertz CT molecular complexity index is 951. The molecule has 0 aliphatic rings. The summed E-state index contributed by atoms with van der Waals surface area (Å²) < 4.78 is 18.0. The van der Waals surface area contributed by atoms with Gasteiger partial charge in [0, 0.05) is 12.4 Å². The molecule has 3 aromatic rings. The van der Waals surface area contributed by atoms with E-state index < -0.39 is 0 Å². The molecular weight excluding hydrogens is 346 g/mol. The molecule has 7 nitrogen and oxygen atoms in total. The Labute approximate surface area is 156 Å². The molecule has 27 heavy (non-hydrogen) atoms. The van der Waals surface area contributed by atoms with Crippen molar-refractivity contribution in [1.29, 1.82) is 5.26 Å². The molecule has 2 heterocycles. The fourth-order valence-corrected chi connectivity index (χ4v) is 2.65. The summed E-state index contributed by atoms with van der Waals surface area (Å²) in [4.78, 5) is 12.5. The van der Waals surface area contributed by atoms with Gasteiger partial charge in [-0.2, -0.15) is 5.26 Å². The van der Waals surface area contributed by atoms with Gasteiger partial charge >= 0.3 is 0 Å². The van der Waals surface area contributed by atoms with Crippen LogP contribution in [-0.4, -0.2) is 30.7 Å². The first kappa shape index (κ1) is 18.1. The topological polar surface area (TPSA) is 89.4 Å². The number of methoxy groups -OCH3 is 1. The van der Waals surface area contributed by atoms with Crippen molar-refractivity contribution in [1.82, 2.24) is 9.88 Å². The summed E-state index contributed by atoms with van der Waals surface area (Å²) in [5.41, 5.74) is 0.447. The highest BCUT2D eigenvalue weighted by Crippen LogP contribution is 2.25. The first-order valence-electron chi connectivity index (χ1n) is 8.36. The number of hydrogen-bond donors (Lipinski definition) is 1. The molecule has 0 saturated carbocycles. The number of nitriles is 1. The van der Waals surface area contributed by atoms with Crippen molar-refractivity contribution in [3.05, 3.63) is 65.7 Å². The van der Waals surface area contributed by atoms with Crippen molar-refractivity contribution in [3.8, 4) is 23.5 Å². The third-order valence-electron chi connectivity index (χ3n) is 3.96. The number of carbonyl (C=O) groups excluding carboxylic acids is 1.